The van der Waals surface area contributed by atoms with Crippen molar-refractivity contribution in [3.05, 3.63) is 46.6 Å². The minimum atomic E-state index is -4.64. The summed E-state index contributed by atoms with van der Waals surface area (Å²) in [5, 5.41) is 10.0. The molecule has 0 unspecified atom stereocenters. The normalized spacial score (nSPS) is 16.4. The molecule has 1 N–H and O–H groups in total. The quantitative estimate of drug-likeness (QED) is 0.621. The molecule has 1 aliphatic rings. The fraction of sp³-hybridized carbons (Fsp3) is 0.615. The topological polar surface area (TPSA) is 78.0 Å². The van der Waals surface area contributed by atoms with E-state index in [4.69, 9.17) is 9.47 Å². The molecule has 200 valence electrons. The molecular weight excluding hydrogens is 475 g/mol. The molecule has 0 atom stereocenters. The Labute approximate surface area is 209 Å². The Bertz CT molecular complexity index is 1150. The number of ether oxygens (including phenoxy) is 2. The van der Waals surface area contributed by atoms with Crippen LogP contribution in [0.15, 0.2) is 29.3 Å². The monoisotopic (exact) mass is 511 g/mol. The van der Waals surface area contributed by atoms with Crippen molar-refractivity contribution in [1.82, 2.24) is 9.36 Å². The van der Waals surface area contributed by atoms with Gasteiger partial charge in [0.25, 0.3) is 5.91 Å². The number of carbonyl (C=O) groups excluding carboxylic acids is 1. The number of hydrogen-bond donors (Lipinski definition) is 1. The molecule has 1 fully saturated rings. The van der Waals surface area contributed by atoms with E-state index in [0.29, 0.717) is 31.2 Å². The van der Waals surface area contributed by atoms with Crippen LogP contribution in [-0.4, -0.2) is 45.8 Å². The standard InChI is InChI=1S/C26H36F3N3O4/c1-24(2,3)21-14-22(32(31(21)6)15-17-9-11-35-12-10-17)30-23(33)19-13-18(26(27,28)29)7-8-20(19)36-16-25(4,5)34/h7-8,13-14,17,34H,9-12,15-16H2,1-6H3. The Kier molecular flexibility index (Phi) is 8.10. The van der Waals surface area contributed by atoms with Gasteiger partial charge in [-0.25, -0.2) is 0 Å². The van der Waals surface area contributed by atoms with E-state index in [1.54, 1.807) is 0 Å². The van der Waals surface area contributed by atoms with E-state index in [-0.39, 0.29) is 23.3 Å². The highest BCUT2D eigenvalue weighted by Gasteiger charge is 2.32. The van der Waals surface area contributed by atoms with Gasteiger partial charge in [0.05, 0.1) is 16.7 Å². The van der Waals surface area contributed by atoms with Gasteiger partial charge in [-0.3, -0.25) is 14.2 Å². The average molecular weight is 512 g/mol. The molecule has 0 saturated carbocycles. The summed E-state index contributed by atoms with van der Waals surface area (Å²) in [6.07, 6.45) is -2.89. The van der Waals surface area contributed by atoms with E-state index >= 15 is 0 Å². The van der Waals surface area contributed by atoms with Crippen LogP contribution in [-0.2, 0) is 29.9 Å². The van der Waals surface area contributed by atoms with Gasteiger partial charge in [0.1, 0.15) is 12.4 Å². The van der Waals surface area contributed by atoms with Crippen molar-refractivity contribution >= 4 is 5.91 Å². The van der Waals surface area contributed by atoms with Crippen molar-refractivity contribution < 1.29 is 32.5 Å². The molecule has 2 aromatic rings. The Hall–Kier alpha value is -2.59. The maximum absolute atomic E-state index is 13.4. The molecule has 3 rings (SSSR count). The molecular formula is C26H36F3N3O4. The van der Waals surface area contributed by atoms with Gasteiger partial charge in [-0.05, 0) is 50.8 Å². The summed E-state index contributed by atoms with van der Waals surface area (Å²) < 4.78 is 55.2. The Morgan fingerprint density at radius 2 is 1.78 bits per heavy atom. The van der Waals surface area contributed by atoms with Crippen LogP contribution in [0, 0.1) is 5.92 Å². The molecule has 0 aliphatic carbocycles. The maximum Gasteiger partial charge on any atom is 0.416 e. The van der Waals surface area contributed by atoms with Gasteiger partial charge in [-0.15, -0.1) is 0 Å². The molecule has 7 nitrogen and oxygen atoms in total. The first-order valence-electron chi connectivity index (χ1n) is 12.1. The first-order chi connectivity index (χ1) is 16.6. The lowest BCUT2D eigenvalue weighted by molar-refractivity contribution is -0.137. The molecule has 1 amide bonds. The number of nitrogens with zero attached hydrogens (tertiary/aromatic N) is 3. The molecule has 36 heavy (non-hydrogen) atoms. The number of aliphatic hydroxyl groups is 1. The molecule has 1 saturated heterocycles. The number of alkyl halides is 3. The summed E-state index contributed by atoms with van der Waals surface area (Å²) in [5.41, 5.74) is -1.48. The highest BCUT2D eigenvalue weighted by molar-refractivity contribution is 5.97. The molecule has 1 aromatic carbocycles. The van der Waals surface area contributed by atoms with Gasteiger partial charge in [0, 0.05) is 44.0 Å². The number of benzene rings is 1. The van der Waals surface area contributed by atoms with Crippen LogP contribution in [0.2, 0.25) is 0 Å². The Morgan fingerprint density at radius 3 is 2.33 bits per heavy atom. The summed E-state index contributed by atoms with van der Waals surface area (Å²) in [4.78, 5) is 17.6. The van der Waals surface area contributed by atoms with E-state index in [0.717, 1.165) is 36.7 Å². The molecule has 0 bridgehead atoms. The van der Waals surface area contributed by atoms with Crippen molar-refractivity contribution in [3.8, 4) is 5.75 Å². The first kappa shape index (κ1) is 28.0. The van der Waals surface area contributed by atoms with Gasteiger partial charge in [0.2, 0.25) is 0 Å². The molecule has 0 radical (unpaired) electrons. The fourth-order valence-corrected chi connectivity index (χ4v) is 4.17. The Morgan fingerprint density at radius 1 is 1.14 bits per heavy atom. The molecule has 0 spiro atoms. The van der Waals surface area contributed by atoms with E-state index < -0.39 is 23.2 Å². The van der Waals surface area contributed by atoms with Crippen LogP contribution in [0.5, 0.6) is 5.75 Å². The predicted octanol–water partition coefficient (Wildman–Crippen LogP) is 4.46. The number of amides is 1. The summed E-state index contributed by atoms with van der Waals surface area (Å²) in [6, 6.07) is 4.51. The largest absolute Gasteiger partial charge is 0.490 e. The van der Waals surface area contributed by atoms with Gasteiger partial charge < -0.3 is 14.6 Å². The van der Waals surface area contributed by atoms with E-state index in [1.165, 1.54) is 13.8 Å². The number of halogens is 3. The van der Waals surface area contributed by atoms with E-state index in [9.17, 15) is 23.1 Å². The second kappa shape index (κ2) is 10.4. The second-order valence-electron chi connectivity index (χ2n) is 11.0. The lowest BCUT2D eigenvalue weighted by Gasteiger charge is -2.25. The number of carbonyl (C=O) groups is 1. The minimum Gasteiger partial charge on any atom is -0.490 e. The van der Waals surface area contributed by atoms with Crippen molar-refractivity contribution in [2.75, 3.05) is 19.8 Å². The van der Waals surface area contributed by atoms with Crippen LogP contribution in [0.25, 0.3) is 0 Å². The van der Waals surface area contributed by atoms with Crippen molar-refractivity contribution in [2.24, 2.45) is 18.0 Å². The highest BCUT2D eigenvalue weighted by atomic mass is 19.4. The van der Waals surface area contributed by atoms with Crippen LogP contribution in [0.3, 0.4) is 0 Å². The zero-order chi connectivity index (χ0) is 26.9. The van der Waals surface area contributed by atoms with Crippen molar-refractivity contribution in [3.63, 3.8) is 0 Å². The van der Waals surface area contributed by atoms with Crippen molar-refractivity contribution in [1.29, 1.82) is 0 Å². The summed E-state index contributed by atoms with van der Waals surface area (Å²) >= 11 is 0. The van der Waals surface area contributed by atoms with Gasteiger partial charge in [0.15, 0.2) is 5.49 Å². The number of rotatable bonds is 6. The number of aromatic nitrogens is 2. The predicted molar refractivity (Wildman–Crippen MR) is 129 cm³/mol. The first-order valence-corrected chi connectivity index (χ1v) is 12.1. The van der Waals surface area contributed by atoms with Crippen LogP contribution in [0.4, 0.5) is 13.2 Å². The SMILES string of the molecule is Cn1c(C(C)(C)C)cc(=NC(=O)c2cc(C(F)(F)F)ccc2OCC(C)(C)O)n1CC1CCOCC1. The van der Waals surface area contributed by atoms with E-state index in [1.807, 2.05) is 43.2 Å². The third kappa shape index (κ3) is 7.00. The third-order valence-electron chi connectivity index (χ3n) is 6.12. The van der Waals surface area contributed by atoms with Crippen LogP contribution >= 0.6 is 0 Å². The lowest BCUT2D eigenvalue weighted by Crippen LogP contribution is -2.31. The van der Waals surface area contributed by atoms with Gasteiger partial charge >= 0.3 is 6.18 Å². The zero-order valence-corrected chi connectivity index (χ0v) is 21.8. The fourth-order valence-electron chi connectivity index (χ4n) is 4.17. The molecule has 1 aliphatic heterocycles. The zero-order valence-electron chi connectivity index (χ0n) is 21.8. The minimum absolute atomic E-state index is 0.0677. The van der Waals surface area contributed by atoms with Gasteiger partial charge in [-0.1, -0.05) is 20.8 Å². The molecule has 2 heterocycles. The van der Waals surface area contributed by atoms with Crippen molar-refractivity contribution in [2.45, 2.75) is 71.2 Å². The Balaban J connectivity index is 2.10. The molecule has 10 heteroatoms. The average Bonchev–Trinajstić information content (AvgIpc) is 3.07. The van der Waals surface area contributed by atoms with E-state index in [2.05, 4.69) is 4.99 Å². The van der Waals surface area contributed by atoms with Crippen LogP contribution < -0.4 is 10.2 Å². The third-order valence-corrected chi connectivity index (χ3v) is 6.12. The smallest absolute Gasteiger partial charge is 0.416 e. The summed E-state index contributed by atoms with van der Waals surface area (Å²) in [7, 11) is 1.89. The highest BCUT2D eigenvalue weighted by Crippen LogP contribution is 2.33. The summed E-state index contributed by atoms with van der Waals surface area (Å²) in [5.74, 6) is -0.589. The number of hydrogen-bond acceptors (Lipinski definition) is 4. The second-order valence-corrected chi connectivity index (χ2v) is 11.0. The molecule has 1 aromatic heterocycles. The maximum atomic E-state index is 13.4. The lowest BCUT2D eigenvalue weighted by atomic mass is 9.92. The van der Waals surface area contributed by atoms with Crippen LogP contribution in [0.1, 0.15) is 69.1 Å². The van der Waals surface area contributed by atoms with Gasteiger partial charge in [-0.2, -0.15) is 18.2 Å². The summed E-state index contributed by atoms with van der Waals surface area (Å²) in [6.45, 7) is 10.9.